The number of rotatable bonds is 6. The topological polar surface area (TPSA) is 82.5 Å². The summed E-state index contributed by atoms with van der Waals surface area (Å²) in [5, 5.41) is 14.5. The minimum atomic E-state index is -0.786. The molecule has 1 aliphatic heterocycles. The number of carboxylic acid groups (broad SMARTS) is 1. The smallest absolute Gasteiger partial charge is 0.304 e. The SMILES string of the molecule is Cc1nc(C(=O)N[C@H]2CN(CCC(=O)O)C[C@@H]2C(C)C)cs1.Cl. The fourth-order valence-electron chi connectivity index (χ4n) is 2.89. The number of aromatic nitrogens is 1. The van der Waals surface area contributed by atoms with Crippen LogP contribution in [0, 0.1) is 18.8 Å². The van der Waals surface area contributed by atoms with Gasteiger partial charge < -0.3 is 15.3 Å². The van der Waals surface area contributed by atoms with Crippen molar-refractivity contribution < 1.29 is 14.7 Å². The lowest BCUT2D eigenvalue weighted by Crippen LogP contribution is -2.42. The van der Waals surface area contributed by atoms with Crippen LogP contribution in [0.15, 0.2) is 5.38 Å². The van der Waals surface area contributed by atoms with Gasteiger partial charge in [-0.1, -0.05) is 13.8 Å². The van der Waals surface area contributed by atoms with Crippen LogP contribution in [0.1, 0.15) is 35.8 Å². The second-order valence-electron chi connectivity index (χ2n) is 6.14. The number of amides is 1. The summed E-state index contributed by atoms with van der Waals surface area (Å²) < 4.78 is 0. The van der Waals surface area contributed by atoms with Crippen molar-refractivity contribution in [1.29, 1.82) is 0 Å². The fraction of sp³-hybridized carbons (Fsp3) is 0.667. The summed E-state index contributed by atoms with van der Waals surface area (Å²) in [6.07, 6.45) is 0.136. The third-order valence-electron chi connectivity index (χ3n) is 4.11. The van der Waals surface area contributed by atoms with E-state index in [2.05, 4.69) is 29.0 Å². The van der Waals surface area contributed by atoms with Crippen molar-refractivity contribution in [1.82, 2.24) is 15.2 Å². The van der Waals surface area contributed by atoms with E-state index in [0.717, 1.165) is 11.6 Å². The minimum Gasteiger partial charge on any atom is -0.481 e. The normalized spacial score (nSPS) is 21.2. The maximum absolute atomic E-state index is 12.3. The van der Waals surface area contributed by atoms with E-state index in [9.17, 15) is 9.59 Å². The average Bonchev–Trinajstić information content (AvgIpc) is 3.03. The number of nitrogens with one attached hydrogen (secondary N) is 1. The number of hydrogen-bond donors (Lipinski definition) is 2. The van der Waals surface area contributed by atoms with Crippen LogP contribution in [0.4, 0.5) is 0 Å². The number of aliphatic carboxylic acids is 1. The molecule has 1 aliphatic rings. The largest absolute Gasteiger partial charge is 0.481 e. The van der Waals surface area contributed by atoms with Crippen molar-refractivity contribution in [2.24, 2.45) is 11.8 Å². The number of carbonyl (C=O) groups excluding carboxylic acids is 1. The Morgan fingerprint density at radius 2 is 2.17 bits per heavy atom. The van der Waals surface area contributed by atoms with Crippen molar-refractivity contribution in [2.45, 2.75) is 33.2 Å². The van der Waals surface area contributed by atoms with Crippen molar-refractivity contribution in [3.63, 3.8) is 0 Å². The Hall–Kier alpha value is -1.18. The Balaban J connectivity index is 0.00000264. The summed E-state index contributed by atoms with van der Waals surface area (Å²) >= 11 is 1.46. The van der Waals surface area contributed by atoms with Crippen LogP contribution in [0.2, 0.25) is 0 Å². The van der Waals surface area contributed by atoms with Gasteiger partial charge in [0, 0.05) is 31.1 Å². The Morgan fingerprint density at radius 3 is 2.70 bits per heavy atom. The molecule has 1 amide bonds. The monoisotopic (exact) mass is 361 g/mol. The number of aryl methyl sites for hydroxylation is 1. The molecule has 0 spiro atoms. The van der Waals surface area contributed by atoms with E-state index in [0.29, 0.717) is 30.6 Å². The molecule has 2 atom stereocenters. The molecule has 1 aromatic heterocycles. The van der Waals surface area contributed by atoms with Gasteiger partial charge in [0.25, 0.3) is 5.91 Å². The highest BCUT2D eigenvalue weighted by molar-refractivity contribution is 7.09. The predicted octanol–water partition coefficient (Wildman–Crippen LogP) is 2.03. The van der Waals surface area contributed by atoms with Crippen LogP contribution in [0.3, 0.4) is 0 Å². The highest BCUT2D eigenvalue weighted by atomic mass is 35.5. The van der Waals surface area contributed by atoms with Gasteiger partial charge in [-0.05, 0) is 18.8 Å². The standard InChI is InChI=1S/C15H23N3O3S.ClH/c1-9(2)11-6-18(5-4-14(19)20)7-12(11)17-15(21)13-8-22-10(3)16-13;/h8-9,11-12H,4-7H2,1-3H3,(H,17,21)(H,19,20);1H/t11-,12+;/m1./s1. The van der Waals surface area contributed by atoms with E-state index in [1.54, 1.807) is 5.38 Å². The zero-order chi connectivity index (χ0) is 16.3. The zero-order valence-corrected chi connectivity index (χ0v) is 15.2. The van der Waals surface area contributed by atoms with E-state index in [1.165, 1.54) is 11.3 Å². The second-order valence-corrected chi connectivity index (χ2v) is 7.21. The fourth-order valence-corrected chi connectivity index (χ4v) is 3.48. The molecule has 2 rings (SSSR count). The first-order valence-corrected chi connectivity index (χ1v) is 8.42. The molecule has 0 saturated carbocycles. The third kappa shape index (κ3) is 5.44. The first-order valence-electron chi connectivity index (χ1n) is 7.54. The second kappa shape index (κ2) is 8.61. The molecule has 1 aromatic rings. The van der Waals surface area contributed by atoms with Crippen LogP contribution in [-0.2, 0) is 4.79 Å². The summed E-state index contributed by atoms with van der Waals surface area (Å²) in [7, 11) is 0. The third-order valence-corrected chi connectivity index (χ3v) is 4.88. The molecular weight excluding hydrogens is 338 g/mol. The van der Waals surface area contributed by atoms with Crippen molar-refractivity contribution in [3.05, 3.63) is 16.1 Å². The summed E-state index contributed by atoms with van der Waals surface area (Å²) in [5.74, 6) is -0.165. The quantitative estimate of drug-likeness (QED) is 0.810. The number of nitrogens with zero attached hydrogens (tertiary/aromatic N) is 2. The van der Waals surface area contributed by atoms with Crippen LogP contribution >= 0.6 is 23.7 Å². The predicted molar refractivity (Wildman–Crippen MR) is 92.4 cm³/mol. The zero-order valence-electron chi connectivity index (χ0n) is 13.6. The van der Waals surface area contributed by atoms with Gasteiger partial charge in [-0.2, -0.15) is 0 Å². The molecular formula is C15H24ClN3O3S. The summed E-state index contributed by atoms with van der Waals surface area (Å²) in [6, 6.07) is 0.0447. The number of carbonyl (C=O) groups is 2. The van der Waals surface area contributed by atoms with Crippen molar-refractivity contribution in [2.75, 3.05) is 19.6 Å². The van der Waals surface area contributed by atoms with Gasteiger partial charge in [0.2, 0.25) is 0 Å². The van der Waals surface area contributed by atoms with Gasteiger partial charge in [-0.3, -0.25) is 9.59 Å². The molecule has 2 heterocycles. The Morgan fingerprint density at radius 1 is 1.48 bits per heavy atom. The maximum Gasteiger partial charge on any atom is 0.304 e. The molecule has 1 fully saturated rings. The number of thiazole rings is 1. The van der Waals surface area contributed by atoms with Crippen molar-refractivity contribution >= 4 is 35.6 Å². The highest BCUT2D eigenvalue weighted by Crippen LogP contribution is 2.25. The molecule has 1 saturated heterocycles. The molecule has 0 aliphatic carbocycles. The van der Waals surface area contributed by atoms with Gasteiger partial charge in [0.15, 0.2) is 0 Å². The highest BCUT2D eigenvalue weighted by Gasteiger charge is 2.35. The molecule has 0 radical (unpaired) electrons. The van der Waals surface area contributed by atoms with E-state index in [-0.39, 0.29) is 30.8 Å². The van der Waals surface area contributed by atoms with Crippen LogP contribution < -0.4 is 5.32 Å². The van der Waals surface area contributed by atoms with E-state index in [1.807, 2.05) is 6.92 Å². The summed E-state index contributed by atoms with van der Waals surface area (Å²) in [4.78, 5) is 29.3. The first kappa shape index (κ1) is 19.9. The molecule has 130 valence electrons. The molecule has 0 aromatic carbocycles. The number of halogens is 1. The Kier molecular flexibility index (Phi) is 7.44. The van der Waals surface area contributed by atoms with Gasteiger partial charge in [0.05, 0.1) is 11.4 Å². The average molecular weight is 362 g/mol. The lowest BCUT2D eigenvalue weighted by atomic mass is 9.91. The molecule has 2 N–H and O–H groups in total. The molecule has 8 heteroatoms. The van der Waals surface area contributed by atoms with Gasteiger partial charge >= 0.3 is 5.97 Å². The maximum atomic E-state index is 12.3. The summed E-state index contributed by atoms with van der Waals surface area (Å²) in [6.45, 7) is 8.20. The van der Waals surface area contributed by atoms with E-state index in [4.69, 9.17) is 5.11 Å². The van der Waals surface area contributed by atoms with Crippen LogP contribution in [-0.4, -0.2) is 52.5 Å². The minimum absolute atomic E-state index is 0. The number of likely N-dealkylation sites (tertiary alicyclic amines) is 1. The molecule has 6 nitrogen and oxygen atoms in total. The van der Waals surface area contributed by atoms with Gasteiger partial charge in [0.1, 0.15) is 5.69 Å². The summed E-state index contributed by atoms with van der Waals surface area (Å²) in [5.41, 5.74) is 0.467. The van der Waals surface area contributed by atoms with Crippen molar-refractivity contribution in [3.8, 4) is 0 Å². The lowest BCUT2D eigenvalue weighted by molar-refractivity contribution is -0.137. The van der Waals surface area contributed by atoms with Gasteiger partial charge in [-0.25, -0.2) is 4.98 Å². The van der Waals surface area contributed by atoms with Crippen LogP contribution in [0.25, 0.3) is 0 Å². The van der Waals surface area contributed by atoms with E-state index < -0.39 is 5.97 Å². The Labute approximate surface area is 146 Å². The van der Waals surface area contributed by atoms with Crippen LogP contribution in [0.5, 0.6) is 0 Å². The first-order chi connectivity index (χ1) is 10.4. The number of hydrogen-bond acceptors (Lipinski definition) is 5. The Bertz CT molecular complexity index is 550. The molecule has 0 bridgehead atoms. The molecule has 0 unspecified atom stereocenters. The lowest BCUT2D eigenvalue weighted by Gasteiger charge is -2.22. The molecule has 23 heavy (non-hydrogen) atoms. The number of carboxylic acids is 1. The van der Waals surface area contributed by atoms with Gasteiger partial charge in [-0.15, -0.1) is 23.7 Å². The van der Waals surface area contributed by atoms with E-state index >= 15 is 0 Å².